The van der Waals surface area contributed by atoms with Gasteiger partial charge in [-0.15, -0.1) is 0 Å². The fraction of sp³-hybridized carbons (Fsp3) is 0.130. The molecule has 0 unspecified atom stereocenters. The van der Waals surface area contributed by atoms with Crippen LogP contribution in [0, 0.1) is 0 Å². The van der Waals surface area contributed by atoms with Crippen molar-refractivity contribution in [3.05, 3.63) is 143 Å². The van der Waals surface area contributed by atoms with E-state index < -0.39 is 0 Å². The fourth-order valence-corrected chi connectivity index (χ4v) is 8.33. The molecule has 0 amide bonds. The van der Waals surface area contributed by atoms with Crippen molar-refractivity contribution in [2.24, 2.45) is 0 Å². The fourth-order valence-electron chi connectivity index (χ4n) is 8.33. The van der Waals surface area contributed by atoms with E-state index in [1.807, 2.05) is 6.07 Å². The quantitative estimate of drug-likeness (QED) is 0.196. The summed E-state index contributed by atoms with van der Waals surface area (Å²) >= 11 is 0. The van der Waals surface area contributed by atoms with Crippen LogP contribution in [0.25, 0.3) is 89.0 Å². The maximum atomic E-state index is 6.51. The molecule has 47 heavy (non-hydrogen) atoms. The van der Waals surface area contributed by atoms with Crippen molar-refractivity contribution in [2.75, 3.05) is 0 Å². The predicted octanol–water partition coefficient (Wildman–Crippen LogP) is 11.5. The summed E-state index contributed by atoms with van der Waals surface area (Å²) in [5.41, 5.74) is 12.3. The summed E-state index contributed by atoms with van der Waals surface area (Å²) in [5.74, 6) is 0. The van der Waals surface area contributed by atoms with Gasteiger partial charge in [0.25, 0.3) is 0 Å². The SMILES string of the molecule is C/C=c1/c(-c2ccccc2)c2ccccc2c(-c2ccc3c(c2)-c2cc4c(ccc5c6ccccc6oc45)cc2C3(C)C)/c1=C/CC. The molecule has 0 saturated carbocycles. The lowest BCUT2D eigenvalue weighted by molar-refractivity contribution is 0.661. The second-order valence-corrected chi connectivity index (χ2v) is 13.4. The lowest BCUT2D eigenvalue weighted by Gasteiger charge is -2.22. The van der Waals surface area contributed by atoms with Gasteiger partial charge in [-0.25, -0.2) is 0 Å². The number of fused-ring (bicyclic) bond motifs is 9. The monoisotopic (exact) mass is 604 g/mol. The summed E-state index contributed by atoms with van der Waals surface area (Å²) in [6.07, 6.45) is 5.68. The van der Waals surface area contributed by atoms with Crippen molar-refractivity contribution in [2.45, 2.75) is 39.5 Å². The number of hydrogen-bond donors (Lipinski definition) is 0. The number of furan rings is 1. The topological polar surface area (TPSA) is 13.1 Å². The largest absolute Gasteiger partial charge is 0.455 e. The van der Waals surface area contributed by atoms with Gasteiger partial charge >= 0.3 is 0 Å². The van der Waals surface area contributed by atoms with Gasteiger partial charge in [-0.2, -0.15) is 0 Å². The standard InChI is InChI=1S/C46H36O/c1-5-14-33-31(6-2)43(28-15-8-7-9-16-28)34-18-10-11-19-35(34)44(33)30-22-24-40-38(25-30)39-27-37-29(26-41(39)46(40,3)4)21-23-36-32-17-12-13-20-42(32)47-45(36)37/h6-27H,5H2,1-4H3/b31-6+,33-14+. The molecule has 0 spiro atoms. The van der Waals surface area contributed by atoms with E-state index in [1.165, 1.54) is 87.3 Å². The Bertz CT molecular complexity index is 2690. The molecular formula is C46H36O. The van der Waals surface area contributed by atoms with E-state index >= 15 is 0 Å². The number of para-hydroxylation sites is 1. The van der Waals surface area contributed by atoms with E-state index in [0.29, 0.717) is 0 Å². The van der Waals surface area contributed by atoms with Crippen LogP contribution in [0.4, 0.5) is 0 Å². The van der Waals surface area contributed by atoms with Gasteiger partial charge in [0.1, 0.15) is 11.2 Å². The van der Waals surface area contributed by atoms with Crippen molar-refractivity contribution in [1.82, 2.24) is 0 Å². The molecule has 226 valence electrons. The first-order chi connectivity index (χ1) is 23.0. The Labute approximate surface area is 275 Å². The molecule has 1 heterocycles. The number of rotatable bonds is 3. The Morgan fingerprint density at radius 3 is 2.00 bits per heavy atom. The Balaban J connectivity index is 1.35. The molecule has 0 saturated heterocycles. The Morgan fingerprint density at radius 2 is 1.26 bits per heavy atom. The van der Waals surface area contributed by atoms with Crippen molar-refractivity contribution < 1.29 is 4.42 Å². The van der Waals surface area contributed by atoms with Gasteiger partial charge < -0.3 is 4.42 Å². The highest BCUT2D eigenvalue weighted by atomic mass is 16.3. The Hall–Kier alpha value is -5.40. The molecule has 1 aliphatic carbocycles. The molecule has 1 nitrogen and oxygen atoms in total. The van der Waals surface area contributed by atoms with Crippen LogP contribution in [0.15, 0.2) is 126 Å². The van der Waals surface area contributed by atoms with Gasteiger partial charge in [0, 0.05) is 21.6 Å². The maximum Gasteiger partial charge on any atom is 0.143 e. The van der Waals surface area contributed by atoms with E-state index in [0.717, 1.165) is 17.6 Å². The highest BCUT2D eigenvalue weighted by Gasteiger charge is 2.36. The highest BCUT2D eigenvalue weighted by Crippen LogP contribution is 2.52. The molecule has 0 atom stereocenters. The smallest absolute Gasteiger partial charge is 0.143 e. The van der Waals surface area contributed by atoms with Crippen LogP contribution in [0.1, 0.15) is 45.2 Å². The van der Waals surface area contributed by atoms with Crippen LogP contribution in [-0.2, 0) is 5.41 Å². The first kappa shape index (κ1) is 27.9. The van der Waals surface area contributed by atoms with Crippen LogP contribution in [0.2, 0.25) is 0 Å². The van der Waals surface area contributed by atoms with Crippen molar-refractivity contribution in [3.8, 4) is 33.4 Å². The molecule has 0 fully saturated rings. The zero-order valence-electron chi connectivity index (χ0n) is 27.3. The highest BCUT2D eigenvalue weighted by molar-refractivity contribution is 6.16. The lowest BCUT2D eigenvalue weighted by atomic mass is 9.81. The first-order valence-corrected chi connectivity index (χ1v) is 16.8. The average Bonchev–Trinajstić information content (AvgIpc) is 3.59. The third-order valence-corrected chi connectivity index (χ3v) is 10.5. The molecular weight excluding hydrogens is 569 g/mol. The Morgan fingerprint density at radius 1 is 0.574 bits per heavy atom. The second-order valence-electron chi connectivity index (χ2n) is 13.4. The summed E-state index contributed by atoms with van der Waals surface area (Å²) in [7, 11) is 0. The maximum absolute atomic E-state index is 6.51. The minimum absolute atomic E-state index is 0.111. The molecule has 9 rings (SSSR count). The third-order valence-electron chi connectivity index (χ3n) is 10.5. The molecule has 0 N–H and O–H groups in total. The summed E-state index contributed by atoms with van der Waals surface area (Å²) in [6, 6.07) is 44.7. The average molecular weight is 605 g/mol. The minimum Gasteiger partial charge on any atom is -0.455 e. The van der Waals surface area contributed by atoms with Crippen LogP contribution < -0.4 is 10.4 Å². The molecule has 0 radical (unpaired) electrons. The van der Waals surface area contributed by atoms with E-state index in [-0.39, 0.29) is 5.41 Å². The molecule has 0 bridgehead atoms. The first-order valence-electron chi connectivity index (χ1n) is 16.8. The summed E-state index contributed by atoms with van der Waals surface area (Å²) < 4.78 is 6.51. The van der Waals surface area contributed by atoms with Crippen LogP contribution in [0.3, 0.4) is 0 Å². The normalized spacial score (nSPS) is 14.5. The van der Waals surface area contributed by atoms with Gasteiger partial charge in [0.05, 0.1) is 0 Å². The van der Waals surface area contributed by atoms with Crippen LogP contribution in [-0.4, -0.2) is 0 Å². The van der Waals surface area contributed by atoms with Crippen LogP contribution >= 0.6 is 0 Å². The van der Waals surface area contributed by atoms with Gasteiger partial charge in [-0.3, -0.25) is 0 Å². The van der Waals surface area contributed by atoms with Crippen LogP contribution in [0.5, 0.6) is 0 Å². The summed E-state index contributed by atoms with van der Waals surface area (Å²) in [4.78, 5) is 0. The van der Waals surface area contributed by atoms with Gasteiger partial charge in [-0.1, -0.05) is 124 Å². The zero-order valence-corrected chi connectivity index (χ0v) is 27.3. The lowest BCUT2D eigenvalue weighted by Crippen LogP contribution is -2.29. The van der Waals surface area contributed by atoms with Crippen molar-refractivity contribution in [3.63, 3.8) is 0 Å². The molecule has 0 aliphatic heterocycles. The number of hydrogen-bond acceptors (Lipinski definition) is 1. The van der Waals surface area contributed by atoms with E-state index in [4.69, 9.17) is 4.42 Å². The molecule has 1 heteroatoms. The van der Waals surface area contributed by atoms with Gasteiger partial charge in [-0.05, 0) is 115 Å². The summed E-state index contributed by atoms with van der Waals surface area (Å²) in [5, 5.41) is 9.92. The Kier molecular flexibility index (Phi) is 6.11. The third kappa shape index (κ3) is 3.96. The molecule has 7 aromatic carbocycles. The predicted molar refractivity (Wildman–Crippen MR) is 201 cm³/mol. The summed E-state index contributed by atoms with van der Waals surface area (Å²) in [6.45, 7) is 9.16. The van der Waals surface area contributed by atoms with E-state index in [9.17, 15) is 0 Å². The molecule has 1 aliphatic rings. The molecule has 1 aromatic heterocycles. The second kappa shape index (κ2) is 10.3. The zero-order chi connectivity index (χ0) is 31.9. The molecule has 8 aromatic rings. The van der Waals surface area contributed by atoms with Gasteiger partial charge in [0.15, 0.2) is 0 Å². The minimum atomic E-state index is -0.111. The van der Waals surface area contributed by atoms with Crippen molar-refractivity contribution >= 4 is 55.6 Å². The van der Waals surface area contributed by atoms with Crippen molar-refractivity contribution in [1.29, 1.82) is 0 Å². The number of benzene rings is 7. The van der Waals surface area contributed by atoms with E-state index in [2.05, 4.69) is 155 Å². The van der Waals surface area contributed by atoms with Gasteiger partial charge in [0.2, 0.25) is 0 Å². The van der Waals surface area contributed by atoms with E-state index in [1.54, 1.807) is 0 Å².